The molecule has 0 bridgehead atoms. The van der Waals surface area contributed by atoms with E-state index in [1.54, 1.807) is 6.92 Å². The van der Waals surface area contributed by atoms with Gasteiger partial charge in [-0.1, -0.05) is 182 Å². The number of hydrogen-bond acceptors (Lipinski definition) is 7. The van der Waals surface area contributed by atoms with Crippen molar-refractivity contribution < 1.29 is 30.0 Å². The molecule has 0 heterocycles. The molecule has 0 rings (SSSR count). The van der Waals surface area contributed by atoms with Crippen molar-refractivity contribution in [2.45, 2.75) is 239 Å². The van der Waals surface area contributed by atoms with Crippen LogP contribution in [0.1, 0.15) is 208 Å². The number of rotatable bonds is 37. The Bertz CT molecular complexity index is 831. The van der Waals surface area contributed by atoms with Crippen LogP contribution in [0.25, 0.3) is 0 Å². The molecule has 0 spiro atoms. The highest BCUT2D eigenvalue weighted by atomic mass is 16.3. The third-order valence-corrected chi connectivity index (χ3v) is 10.7. The number of carbonyl (C=O) groups is 2. The molecule has 0 aromatic carbocycles. The molecule has 0 aliphatic heterocycles. The lowest BCUT2D eigenvalue weighted by Crippen LogP contribution is -2.63. The first-order valence-electron chi connectivity index (χ1n) is 22.0. The van der Waals surface area contributed by atoms with E-state index in [1.165, 1.54) is 114 Å². The molecule has 0 aliphatic carbocycles. The molecule has 9 nitrogen and oxygen atoms in total. The fourth-order valence-corrected chi connectivity index (χ4v) is 7.04. The quantitative estimate of drug-likeness (QED) is 0.0275. The fraction of sp³-hybridized carbons (Fsp3) is 0.953. The van der Waals surface area contributed by atoms with Crippen LogP contribution in [0.5, 0.6) is 0 Å². The first-order chi connectivity index (χ1) is 25.0. The van der Waals surface area contributed by atoms with Gasteiger partial charge in [-0.25, -0.2) is 0 Å². The number of unbranched alkanes of at least 4 members (excludes halogenated alkanes) is 23. The van der Waals surface area contributed by atoms with Gasteiger partial charge in [0.2, 0.25) is 11.8 Å². The molecule has 0 aromatic heterocycles. The molecule has 0 fully saturated rings. The average molecular weight is 742 g/mol. The third kappa shape index (κ3) is 25.7. The number of hydrogen-bond donors (Lipinski definition) is 6. The molecule has 2 amide bonds. The summed E-state index contributed by atoms with van der Waals surface area (Å²) >= 11 is 0. The van der Waals surface area contributed by atoms with Crippen molar-refractivity contribution in [1.29, 1.82) is 0 Å². The second-order valence-corrected chi connectivity index (χ2v) is 16.3. The number of nitrogens with two attached hydrogens (primary N) is 1. The molecule has 0 aliphatic rings. The van der Waals surface area contributed by atoms with Crippen molar-refractivity contribution in [3.8, 4) is 0 Å². The van der Waals surface area contributed by atoms with E-state index in [9.17, 15) is 30.0 Å². The largest absolute Gasteiger partial charge is 0.396 e. The first-order valence-corrected chi connectivity index (χ1v) is 22.0. The van der Waals surface area contributed by atoms with Crippen LogP contribution in [0.2, 0.25) is 0 Å². The van der Waals surface area contributed by atoms with E-state index < -0.39 is 42.3 Å². The Kier molecular flexibility index (Phi) is 33.4. The lowest BCUT2D eigenvalue weighted by atomic mass is 9.93. The fourth-order valence-electron chi connectivity index (χ4n) is 7.04. The smallest absolute Gasteiger partial charge is 0.237 e. The van der Waals surface area contributed by atoms with Gasteiger partial charge in [-0.05, 0) is 25.2 Å². The number of aliphatic hydroxyl groups excluding tert-OH is 4. The van der Waals surface area contributed by atoms with E-state index >= 15 is 0 Å². The predicted octanol–water partition coefficient (Wildman–Crippen LogP) is 8.52. The summed E-state index contributed by atoms with van der Waals surface area (Å²) in [5, 5.41) is 46.1. The van der Waals surface area contributed by atoms with Gasteiger partial charge in [0.1, 0.15) is 12.1 Å². The van der Waals surface area contributed by atoms with Gasteiger partial charge in [0, 0.05) is 25.5 Å². The van der Waals surface area contributed by atoms with E-state index in [1.807, 2.05) is 13.8 Å². The average Bonchev–Trinajstić information content (AvgIpc) is 3.12. The van der Waals surface area contributed by atoms with Gasteiger partial charge in [-0.15, -0.1) is 0 Å². The monoisotopic (exact) mass is 742 g/mol. The summed E-state index contributed by atoms with van der Waals surface area (Å²) < 4.78 is 0. The van der Waals surface area contributed by atoms with E-state index in [2.05, 4.69) is 19.2 Å². The maximum atomic E-state index is 13.7. The van der Waals surface area contributed by atoms with Crippen LogP contribution in [-0.4, -0.2) is 80.8 Å². The highest BCUT2D eigenvalue weighted by Gasteiger charge is 2.40. The molecular formula is C43H87N3O6. The maximum Gasteiger partial charge on any atom is 0.237 e. The molecule has 0 saturated carbocycles. The van der Waals surface area contributed by atoms with Crippen LogP contribution in [0.4, 0.5) is 0 Å². The van der Waals surface area contributed by atoms with Crippen molar-refractivity contribution in [1.82, 2.24) is 10.2 Å². The lowest BCUT2D eigenvalue weighted by molar-refractivity contribution is -0.154. The predicted molar refractivity (Wildman–Crippen MR) is 217 cm³/mol. The van der Waals surface area contributed by atoms with Crippen LogP contribution >= 0.6 is 0 Å². The SMILES string of the molecule is CCCCCCCCCCCCCCCCCCN(C(=O)CCCCCCCCCCC)C(O)C(NC(=O)[C@@H](N)CC(C)C)C(O)C(O)C(C)CO. The number of aliphatic hydroxyl groups is 4. The Morgan fingerprint density at radius 2 is 0.981 bits per heavy atom. The molecule has 9 heteroatoms. The van der Waals surface area contributed by atoms with Crippen LogP contribution in [0.3, 0.4) is 0 Å². The number of nitrogens with one attached hydrogen (secondary N) is 1. The molecular weight excluding hydrogens is 654 g/mol. The second kappa shape index (κ2) is 34.2. The summed E-state index contributed by atoms with van der Waals surface area (Å²) in [5.41, 5.74) is 6.15. The van der Waals surface area contributed by atoms with Crippen LogP contribution in [0.15, 0.2) is 0 Å². The van der Waals surface area contributed by atoms with Gasteiger partial charge >= 0.3 is 0 Å². The Labute approximate surface area is 320 Å². The molecule has 0 radical (unpaired) electrons. The summed E-state index contributed by atoms with van der Waals surface area (Å²) in [6.45, 7) is 9.86. The molecule has 52 heavy (non-hydrogen) atoms. The lowest BCUT2D eigenvalue weighted by Gasteiger charge is -2.39. The topological polar surface area (TPSA) is 156 Å². The van der Waals surface area contributed by atoms with Crippen molar-refractivity contribution in [2.75, 3.05) is 13.2 Å². The first kappa shape index (κ1) is 50.7. The van der Waals surface area contributed by atoms with Crippen LogP contribution in [-0.2, 0) is 9.59 Å². The highest BCUT2D eigenvalue weighted by molar-refractivity contribution is 5.82. The van der Waals surface area contributed by atoms with Gasteiger partial charge in [-0.3, -0.25) is 9.59 Å². The van der Waals surface area contributed by atoms with Crippen LogP contribution in [0, 0.1) is 11.8 Å². The third-order valence-electron chi connectivity index (χ3n) is 10.7. The summed E-state index contributed by atoms with van der Waals surface area (Å²) in [5.74, 6) is -1.34. The minimum absolute atomic E-state index is 0.151. The summed E-state index contributed by atoms with van der Waals surface area (Å²) in [6.07, 6.45) is 25.9. The molecule has 6 atom stereocenters. The zero-order chi connectivity index (χ0) is 39.0. The Balaban J connectivity index is 5.22. The van der Waals surface area contributed by atoms with Gasteiger partial charge in [0.25, 0.3) is 0 Å². The van der Waals surface area contributed by atoms with Gasteiger partial charge in [-0.2, -0.15) is 0 Å². The van der Waals surface area contributed by atoms with E-state index in [0.717, 1.165) is 38.5 Å². The van der Waals surface area contributed by atoms with Crippen molar-refractivity contribution in [3.05, 3.63) is 0 Å². The van der Waals surface area contributed by atoms with Crippen LogP contribution < -0.4 is 11.1 Å². The molecule has 5 unspecified atom stereocenters. The van der Waals surface area contributed by atoms with Crippen molar-refractivity contribution in [2.24, 2.45) is 17.6 Å². The minimum atomic E-state index is -1.62. The highest BCUT2D eigenvalue weighted by Crippen LogP contribution is 2.20. The molecule has 7 N–H and O–H groups in total. The molecule has 310 valence electrons. The minimum Gasteiger partial charge on any atom is -0.396 e. The zero-order valence-corrected chi connectivity index (χ0v) is 34.7. The van der Waals surface area contributed by atoms with Gasteiger partial charge in [0.15, 0.2) is 6.23 Å². The molecule has 0 saturated heterocycles. The standard InChI is InChI=1S/C43H87N3O6/c1-6-8-10-12-14-16-17-18-19-20-21-22-24-26-28-30-32-46(38(48)31-29-27-25-23-15-13-11-9-7-2)43(52)39(41(50)40(49)36(5)34-47)45-42(51)37(44)33-35(3)4/h35-37,39-41,43,47,49-50,52H,6-34,44H2,1-5H3,(H,45,51)/t36?,37-,39?,40?,41?,43?/m0/s1. The Morgan fingerprint density at radius 3 is 1.37 bits per heavy atom. The summed E-state index contributed by atoms with van der Waals surface area (Å²) in [6, 6.07) is -2.25. The van der Waals surface area contributed by atoms with E-state index in [-0.39, 0.29) is 24.9 Å². The Morgan fingerprint density at radius 1 is 0.596 bits per heavy atom. The van der Waals surface area contributed by atoms with Gasteiger partial charge in [0.05, 0.1) is 12.1 Å². The summed E-state index contributed by atoms with van der Waals surface area (Å²) in [7, 11) is 0. The normalized spacial score (nSPS) is 15.3. The number of nitrogens with zero attached hydrogens (tertiary/aromatic N) is 1. The Hall–Kier alpha value is -1.26. The van der Waals surface area contributed by atoms with Gasteiger partial charge < -0.3 is 36.4 Å². The second-order valence-electron chi connectivity index (χ2n) is 16.3. The van der Waals surface area contributed by atoms with E-state index in [4.69, 9.17) is 5.73 Å². The van der Waals surface area contributed by atoms with Crippen molar-refractivity contribution >= 4 is 11.8 Å². The maximum absolute atomic E-state index is 13.7. The van der Waals surface area contributed by atoms with Crippen molar-refractivity contribution in [3.63, 3.8) is 0 Å². The zero-order valence-electron chi connectivity index (χ0n) is 34.7. The number of carbonyl (C=O) groups excluding carboxylic acids is 2. The molecule has 0 aromatic rings. The summed E-state index contributed by atoms with van der Waals surface area (Å²) in [4.78, 5) is 28.2. The number of amides is 2. The van der Waals surface area contributed by atoms with E-state index in [0.29, 0.717) is 25.8 Å².